The number of rotatable bonds is 4. The Bertz CT molecular complexity index is 1120. The molecule has 0 atom stereocenters. The van der Waals surface area contributed by atoms with Crippen molar-refractivity contribution >= 4 is 38.4 Å². The van der Waals surface area contributed by atoms with Crippen molar-refractivity contribution in [3.8, 4) is 22.4 Å². The van der Waals surface area contributed by atoms with Crippen LogP contribution in [-0.2, 0) is 0 Å². The van der Waals surface area contributed by atoms with Gasteiger partial charge in [0.25, 0.3) is 0 Å². The zero-order chi connectivity index (χ0) is 19.5. The molecule has 8 heteroatoms. The summed E-state index contributed by atoms with van der Waals surface area (Å²) in [5.41, 5.74) is 10.9. The topological polar surface area (TPSA) is 106 Å². The summed E-state index contributed by atoms with van der Waals surface area (Å²) in [5, 5.41) is 6.02. The number of aromatic nitrogens is 3. The first kappa shape index (κ1) is 17.9. The van der Waals surface area contributed by atoms with Gasteiger partial charge in [-0.2, -0.15) is 0 Å². The van der Waals surface area contributed by atoms with Gasteiger partial charge in [0.2, 0.25) is 0 Å². The molecule has 0 spiro atoms. The van der Waals surface area contributed by atoms with E-state index in [1.165, 1.54) is 11.3 Å². The average Bonchev–Trinajstić information content (AvgIpc) is 3.11. The minimum absolute atomic E-state index is 0.277. The normalized spacial score (nSPS) is 10.8. The third-order valence-electron chi connectivity index (χ3n) is 4.11. The van der Waals surface area contributed by atoms with Crippen LogP contribution in [0.5, 0.6) is 0 Å². The molecule has 0 unspecified atom stereocenters. The summed E-state index contributed by atoms with van der Waals surface area (Å²) in [5.74, 6) is 0. The SMILES string of the molecule is CCNC(=O)Nc1nc2cc(-c3cccnc3)cc(-c3ccc(N)cn3)c2s1. The Kier molecular flexibility index (Phi) is 4.86. The summed E-state index contributed by atoms with van der Waals surface area (Å²) >= 11 is 1.41. The van der Waals surface area contributed by atoms with Crippen LogP contribution < -0.4 is 16.4 Å². The number of hydrogen-bond donors (Lipinski definition) is 3. The molecule has 3 aromatic heterocycles. The lowest BCUT2D eigenvalue weighted by atomic mass is 10.0. The summed E-state index contributed by atoms with van der Waals surface area (Å²) in [4.78, 5) is 25.2. The predicted octanol–water partition coefficient (Wildman–Crippen LogP) is 4.14. The second kappa shape index (κ2) is 7.61. The standard InChI is InChI=1S/C20H18N6OS/c1-2-23-19(27)26-20-25-17-9-13(12-4-3-7-22-10-12)8-15(18(17)28-20)16-6-5-14(21)11-24-16/h3-11H,2,21H2,1H3,(H2,23,25,26,27). The minimum Gasteiger partial charge on any atom is -0.397 e. The molecule has 3 heterocycles. The van der Waals surface area contributed by atoms with Crippen molar-refractivity contribution in [3.05, 3.63) is 55.0 Å². The average molecular weight is 390 g/mol. The van der Waals surface area contributed by atoms with Crippen LogP contribution in [0.2, 0.25) is 0 Å². The Labute approximate surface area is 165 Å². The highest BCUT2D eigenvalue weighted by molar-refractivity contribution is 7.22. The summed E-state index contributed by atoms with van der Waals surface area (Å²) in [7, 11) is 0. The number of benzene rings is 1. The van der Waals surface area contributed by atoms with E-state index in [0.717, 1.165) is 32.6 Å². The number of amides is 2. The quantitative estimate of drug-likeness (QED) is 0.485. The minimum atomic E-state index is -0.277. The maximum Gasteiger partial charge on any atom is 0.321 e. The third kappa shape index (κ3) is 3.63. The van der Waals surface area contributed by atoms with E-state index in [9.17, 15) is 4.79 Å². The first-order chi connectivity index (χ1) is 13.6. The number of nitrogens with two attached hydrogens (primary N) is 1. The molecular formula is C20H18N6OS. The molecule has 0 saturated heterocycles. The zero-order valence-corrected chi connectivity index (χ0v) is 16.0. The van der Waals surface area contributed by atoms with Crippen molar-refractivity contribution in [1.82, 2.24) is 20.3 Å². The maximum absolute atomic E-state index is 11.9. The largest absolute Gasteiger partial charge is 0.397 e. The Morgan fingerprint density at radius 2 is 2.07 bits per heavy atom. The number of hydrogen-bond acceptors (Lipinski definition) is 6. The van der Waals surface area contributed by atoms with Gasteiger partial charge in [0, 0.05) is 30.1 Å². The summed E-state index contributed by atoms with van der Waals surface area (Å²) in [6, 6.07) is 11.4. The van der Waals surface area contributed by atoms with Gasteiger partial charge in [-0.15, -0.1) is 0 Å². The van der Waals surface area contributed by atoms with Crippen molar-refractivity contribution in [1.29, 1.82) is 0 Å². The highest BCUT2D eigenvalue weighted by Crippen LogP contribution is 2.38. The van der Waals surface area contributed by atoms with Crippen molar-refractivity contribution in [3.63, 3.8) is 0 Å². The van der Waals surface area contributed by atoms with Gasteiger partial charge < -0.3 is 11.1 Å². The Balaban J connectivity index is 1.86. The van der Waals surface area contributed by atoms with Crippen LogP contribution in [0.3, 0.4) is 0 Å². The van der Waals surface area contributed by atoms with Crippen molar-refractivity contribution in [2.45, 2.75) is 6.92 Å². The molecule has 0 saturated carbocycles. The van der Waals surface area contributed by atoms with Gasteiger partial charge in [-0.3, -0.25) is 15.3 Å². The molecule has 4 aromatic rings. The predicted molar refractivity (Wildman–Crippen MR) is 113 cm³/mol. The van der Waals surface area contributed by atoms with E-state index < -0.39 is 0 Å². The molecule has 2 amide bonds. The van der Waals surface area contributed by atoms with E-state index in [4.69, 9.17) is 5.73 Å². The third-order valence-corrected chi connectivity index (χ3v) is 5.12. The molecule has 1 aromatic carbocycles. The number of thiazole rings is 1. The van der Waals surface area contributed by atoms with Crippen LogP contribution in [0, 0.1) is 0 Å². The molecule has 7 nitrogen and oxygen atoms in total. The molecule has 0 bridgehead atoms. The van der Waals surface area contributed by atoms with Crippen molar-refractivity contribution < 1.29 is 4.79 Å². The molecular weight excluding hydrogens is 372 g/mol. The second-order valence-electron chi connectivity index (χ2n) is 6.09. The van der Waals surface area contributed by atoms with Gasteiger partial charge in [-0.25, -0.2) is 9.78 Å². The summed E-state index contributed by atoms with van der Waals surface area (Å²) in [6.07, 6.45) is 5.18. The number of fused-ring (bicyclic) bond motifs is 1. The van der Waals surface area contributed by atoms with Crippen LogP contribution in [0.1, 0.15) is 6.92 Å². The van der Waals surface area contributed by atoms with Gasteiger partial charge in [-0.1, -0.05) is 17.4 Å². The van der Waals surface area contributed by atoms with Crippen molar-refractivity contribution in [2.24, 2.45) is 0 Å². The van der Waals surface area contributed by atoms with E-state index in [0.29, 0.717) is 17.4 Å². The van der Waals surface area contributed by atoms with E-state index >= 15 is 0 Å². The van der Waals surface area contributed by atoms with Crippen LogP contribution in [0.25, 0.3) is 32.6 Å². The molecule has 4 N–H and O–H groups in total. The number of pyridine rings is 2. The van der Waals surface area contributed by atoms with Crippen molar-refractivity contribution in [2.75, 3.05) is 17.6 Å². The lowest BCUT2D eigenvalue weighted by molar-refractivity contribution is 0.252. The number of nitrogen functional groups attached to an aromatic ring is 1. The van der Waals surface area contributed by atoms with E-state index in [1.807, 2.05) is 43.5 Å². The highest BCUT2D eigenvalue weighted by Gasteiger charge is 2.15. The maximum atomic E-state index is 11.9. The molecule has 0 aliphatic carbocycles. The monoisotopic (exact) mass is 390 g/mol. The summed E-state index contributed by atoms with van der Waals surface area (Å²) < 4.78 is 0.941. The number of urea groups is 1. The fraction of sp³-hybridized carbons (Fsp3) is 0.100. The fourth-order valence-corrected chi connectivity index (χ4v) is 3.81. The number of carbonyl (C=O) groups excluding carboxylic acids is 1. The van der Waals surface area contributed by atoms with Gasteiger partial charge in [-0.05, 0) is 42.8 Å². The Hall–Kier alpha value is -3.52. The van der Waals surface area contributed by atoms with Crippen LogP contribution in [0.4, 0.5) is 15.6 Å². The number of nitrogens with one attached hydrogen (secondary N) is 2. The van der Waals surface area contributed by atoms with Crippen LogP contribution >= 0.6 is 11.3 Å². The van der Waals surface area contributed by atoms with E-state index in [2.05, 4.69) is 31.7 Å². The van der Waals surface area contributed by atoms with E-state index in [1.54, 1.807) is 12.4 Å². The molecule has 0 radical (unpaired) electrons. The second-order valence-corrected chi connectivity index (χ2v) is 7.09. The van der Waals surface area contributed by atoms with Crippen LogP contribution in [0.15, 0.2) is 55.0 Å². The zero-order valence-electron chi connectivity index (χ0n) is 15.1. The lowest BCUT2D eigenvalue weighted by Crippen LogP contribution is -2.28. The highest BCUT2D eigenvalue weighted by atomic mass is 32.1. The fourth-order valence-electron chi connectivity index (χ4n) is 2.84. The molecule has 0 fully saturated rings. The van der Waals surface area contributed by atoms with Gasteiger partial charge in [0.1, 0.15) is 0 Å². The van der Waals surface area contributed by atoms with Gasteiger partial charge >= 0.3 is 6.03 Å². The lowest BCUT2D eigenvalue weighted by Gasteiger charge is -2.07. The Morgan fingerprint density at radius 1 is 1.18 bits per heavy atom. The smallest absolute Gasteiger partial charge is 0.321 e. The van der Waals surface area contributed by atoms with E-state index in [-0.39, 0.29) is 6.03 Å². The van der Waals surface area contributed by atoms with Gasteiger partial charge in [0.15, 0.2) is 5.13 Å². The van der Waals surface area contributed by atoms with Gasteiger partial charge in [0.05, 0.1) is 27.8 Å². The summed E-state index contributed by atoms with van der Waals surface area (Å²) in [6.45, 7) is 2.41. The number of anilines is 2. The molecule has 28 heavy (non-hydrogen) atoms. The first-order valence-electron chi connectivity index (χ1n) is 8.76. The molecule has 4 rings (SSSR count). The molecule has 0 aliphatic heterocycles. The first-order valence-corrected chi connectivity index (χ1v) is 9.57. The molecule has 0 aliphatic rings. The van der Waals surface area contributed by atoms with Crippen LogP contribution in [-0.4, -0.2) is 27.5 Å². The molecule has 140 valence electrons. The Morgan fingerprint density at radius 3 is 2.79 bits per heavy atom. The number of carbonyl (C=O) groups is 1. The number of nitrogens with zero attached hydrogens (tertiary/aromatic N) is 3.